The van der Waals surface area contributed by atoms with Gasteiger partial charge >= 0.3 is 17.9 Å². The summed E-state index contributed by atoms with van der Waals surface area (Å²) in [6.07, 6.45) is 95.0. The summed E-state index contributed by atoms with van der Waals surface area (Å²) in [6.45, 7) is 6.49. The fourth-order valence-corrected chi connectivity index (χ4v) is 10.5. The second-order valence-corrected chi connectivity index (χ2v) is 24.1. The van der Waals surface area contributed by atoms with Gasteiger partial charge in [0.15, 0.2) is 6.10 Å². The molecular formula is C77H136O6. The topological polar surface area (TPSA) is 78.9 Å². The molecule has 0 bridgehead atoms. The van der Waals surface area contributed by atoms with Crippen molar-refractivity contribution in [2.45, 2.75) is 374 Å². The molecule has 0 saturated heterocycles. The van der Waals surface area contributed by atoms with E-state index >= 15 is 0 Å². The molecule has 1 unspecified atom stereocenters. The Morgan fingerprint density at radius 1 is 0.253 bits per heavy atom. The molecule has 6 nitrogen and oxygen atoms in total. The van der Waals surface area contributed by atoms with Gasteiger partial charge in [-0.3, -0.25) is 14.4 Å². The maximum absolute atomic E-state index is 12.9. The summed E-state index contributed by atoms with van der Waals surface area (Å²) in [7, 11) is 0. The third kappa shape index (κ3) is 69.3. The second kappa shape index (κ2) is 71.1. The van der Waals surface area contributed by atoms with E-state index in [1.54, 1.807) is 0 Å². The average molecular weight is 1160 g/mol. The van der Waals surface area contributed by atoms with Crippen LogP contribution in [0.4, 0.5) is 0 Å². The van der Waals surface area contributed by atoms with Gasteiger partial charge in [-0.1, -0.05) is 343 Å². The minimum absolute atomic E-state index is 0.101. The Morgan fingerprint density at radius 3 is 0.795 bits per heavy atom. The molecule has 0 aliphatic rings. The first-order valence-electron chi connectivity index (χ1n) is 36.1. The van der Waals surface area contributed by atoms with E-state index in [4.69, 9.17) is 14.2 Å². The number of unbranched alkanes of at least 4 members (excludes halogenated alkanes) is 41. The minimum Gasteiger partial charge on any atom is -0.462 e. The Kier molecular flexibility index (Phi) is 68.2. The first kappa shape index (κ1) is 79.6. The Balaban J connectivity index is 4.20. The summed E-state index contributed by atoms with van der Waals surface area (Å²) in [5.41, 5.74) is 0. The molecule has 0 saturated carbocycles. The van der Waals surface area contributed by atoms with Gasteiger partial charge in [-0.05, 0) is 89.9 Å². The third-order valence-corrected chi connectivity index (χ3v) is 15.9. The molecule has 0 rings (SSSR count). The molecule has 0 aromatic carbocycles. The number of hydrogen-bond acceptors (Lipinski definition) is 6. The number of rotatable bonds is 66. The van der Waals surface area contributed by atoms with Gasteiger partial charge < -0.3 is 14.2 Å². The highest BCUT2D eigenvalue weighted by molar-refractivity contribution is 5.71. The van der Waals surface area contributed by atoms with Gasteiger partial charge in [-0.15, -0.1) is 0 Å². The van der Waals surface area contributed by atoms with Crippen LogP contribution in [0.3, 0.4) is 0 Å². The predicted octanol–water partition coefficient (Wildman–Crippen LogP) is 25.0. The zero-order valence-electron chi connectivity index (χ0n) is 55.2. The molecule has 1 atom stereocenters. The molecule has 0 spiro atoms. The number of carbonyl (C=O) groups excluding carboxylic acids is 3. The molecule has 0 aliphatic heterocycles. The van der Waals surface area contributed by atoms with Gasteiger partial charge in [0.25, 0.3) is 0 Å². The van der Waals surface area contributed by atoms with Crippen molar-refractivity contribution in [2.75, 3.05) is 13.2 Å². The van der Waals surface area contributed by atoms with Crippen molar-refractivity contribution in [1.29, 1.82) is 0 Å². The summed E-state index contributed by atoms with van der Waals surface area (Å²) < 4.78 is 16.9. The van der Waals surface area contributed by atoms with Gasteiger partial charge in [-0.2, -0.15) is 0 Å². The van der Waals surface area contributed by atoms with Crippen LogP contribution in [0.25, 0.3) is 0 Å². The largest absolute Gasteiger partial charge is 0.462 e. The Hall–Kier alpha value is -3.41. The van der Waals surface area contributed by atoms with Crippen molar-refractivity contribution >= 4 is 17.9 Å². The van der Waals surface area contributed by atoms with Crippen LogP contribution in [0.15, 0.2) is 85.1 Å². The average Bonchev–Trinajstić information content (AvgIpc) is 3.49. The molecule has 0 aromatic rings. The number of esters is 3. The normalized spacial score (nSPS) is 12.6. The van der Waals surface area contributed by atoms with E-state index in [1.807, 2.05) is 0 Å². The maximum atomic E-state index is 12.9. The third-order valence-electron chi connectivity index (χ3n) is 15.9. The van der Waals surface area contributed by atoms with E-state index in [9.17, 15) is 14.4 Å². The lowest BCUT2D eigenvalue weighted by Gasteiger charge is -2.18. The predicted molar refractivity (Wildman–Crippen MR) is 362 cm³/mol. The fraction of sp³-hybridized carbons (Fsp3) is 0.779. The molecule has 83 heavy (non-hydrogen) atoms. The second-order valence-electron chi connectivity index (χ2n) is 24.1. The first-order valence-corrected chi connectivity index (χ1v) is 36.1. The molecule has 0 N–H and O–H groups in total. The van der Waals surface area contributed by atoms with Crippen molar-refractivity contribution in [3.8, 4) is 0 Å². The lowest BCUT2D eigenvalue weighted by Crippen LogP contribution is -2.30. The summed E-state index contributed by atoms with van der Waals surface area (Å²) in [6, 6.07) is 0. The van der Waals surface area contributed by atoms with Crippen molar-refractivity contribution in [3.63, 3.8) is 0 Å². The first-order chi connectivity index (χ1) is 41.0. The number of carbonyl (C=O) groups is 3. The van der Waals surface area contributed by atoms with Gasteiger partial charge in [0.05, 0.1) is 0 Å². The van der Waals surface area contributed by atoms with Crippen LogP contribution in [0.1, 0.15) is 367 Å². The Morgan fingerprint density at radius 2 is 0.482 bits per heavy atom. The summed E-state index contributed by atoms with van der Waals surface area (Å²) in [4.78, 5) is 38.4. The minimum atomic E-state index is -0.813. The highest BCUT2D eigenvalue weighted by atomic mass is 16.6. The van der Waals surface area contributed by atoms with E-state index in [1.165, 1.54) is 218 Å². The van der Waals surface area contributed by atoms with Crippen molar-refractivity contribution in [1.82, 2.24) is 0 Å². The van der Waals surface area contributed by atoms with Crippen LogP contribution in [0.2, 0.25) is 0 Å². The molecule has 0 radical (unpaired) electrons. The number of ether oxygens (including phenoxy) is 3. The van der Waals surface area contributed by atoms with Crippen LogP contribution in [0.5, 0.6) is 0 Å². The molecule has 480 valence electrons. The van der Waals surface area contributed by atoms with Gasteiger partial charge in [0.1, 0.15) is 13.2 Å². The molecular weight excluding hydrogens is 1020 g/mol. The zero-order valence-corrected chi connectivity index (χ0v) is 55.2. The van der Waals surface area contributed by atoms with Crippen LogP contribution >= 0.6 is 0 Å². The molecule has 0 amide bonds. The van der Waals surface area contributed by atoms with Crippen molar-refractivity contribution < 1.29 is 28.6 Å². The van der Waals surface area contributed by atoms with Crippen LogP contribution in [-0.4, -0.2) is 37.2 Å². The summed E-state index contributed by atoms with van der Waals surface area (Å²) in [5.74, 6) is -0.959. The Labute approximate surface area is 515 Å². The van der Waals surface area contributed by atoms with Gasteiger partial charge in [-0.25, -0.2) is 0 Å². The van der Waals surface area contributed by atoms with Gasteiger partial charge in [0.2, 0.25) is 0 Å². The standard InChI is InChI=1S/C77H136O6/c1-4-7-10-13-16-19-22-25-28-30-31-32-33-34-35-36-37-38-39-40-41-42-43-44-45-47-49-52-55-58-61-64-67-70-76(79)82-73-74(72-81-75(78)69-66-63-60-57-54-51-48-27-24-21-18-15-12-9-6-3)83-77(80)71-68-65-62-59-56-53-50-46-29-26-23-20-17-14-11-8-5-2/h8,11,17-18,20-21,26-27,29,48,50,53,59,62,74H,4-7,9-10,12-16,19,22-25,28,30-47,49,51-52,54-58,60-61,63-73H2,1-3H3/b11-8-,20-17-,21-18-,29-26-,48-27-,53-50-,62-59-. The lowest BCUT2D eigenvalue weighted by molar-refractivity contribution is -0.167. The van der Waals surface area contributed by atoms with Crippen LogP contribution in [0, 0.1) is 0 Å². The quantitative estimate of drug-likeness (QED) is 0.0261. The van der Waals surface area contributed by atoms with Crippen molar-refractivity contribution in [3.05, 3.63) is 85.1 Å². The Bertz CT molecular complexity index is 1570. The van der Waals surface area contributed by atoms with E-state index in [0.717, 1.165) is 103 Å². The fourth-order valence-electron chi connectivity index (χ4n) is 10.5. The lowest BCUT2D eigenvalue weighted by atomic mass is 10.0. The number of allylic oxidation sites excluding steroid dienone is 14. The molecule has 0 aliphatic carbocycles. The van der Waals surface area contributed by atoms with Gasteiger partial charge in [0, 0.05) is 19.3 Å². The van der Waals surface area contributed by atoms with E-state index in [2.05, 4.69) is 106 Å². The SMILES string of the molecule is CC/C=C\C/C=C\C/C=C\C/C=C\C/C=C\CCCC(=O)OC(COC(=O)CCCCCCC/C=C\C/C=C\CCCCC)COC(=O)CCCCCCCCCCCCCCCCCCCCCCCCCCCCCCCCCCC. The molecule has 6 heteroatoms. The van der Waals surface area contributed by atoms with E-state index in [0.29, 0.717) is 19.3 Å². The van der Waals surface area contributed by atoms with Crippen LogP contribution < -0.4 is 0 Å². The maximum Gasteiger partial charge on any atom is 0.306 e. The van der Waals surface area contributed by atoms with E-state index < -0.39 is 6.10 Å². The van der Waals surface area contributed by atoms with Crippen LogP contribution in [-0.2, 0) is 28.6 Å². The summed E-state index contributed by atoms with van der Waals surface area (Å²) in [5, 5.41) is 0. The molecule has 0 fully saturated rings. The highest BCUT2D eigenvalue weighted by Gasteiger charge is 2.19. The van der Waals surface area contributed by atoms with E-state index in [-0.39, 0.29) is 37.5 Å². The number of hydrogen-bond donors (Lipinski definition) is 0. The monoisotopic (exact) mass is 1160 g/mol. The van der Waals surface area contributed by atoms with Crippen molar-refractivity contribution in [2.24, 2.45) is 0 Å². The highest BCUT2D eigenvalue weighted by Crippen LogP contribution is 2.18. The zero-order chi connectivity index (χ0) is 59.9. The smallest absolute Gasteiger partial charge is 0.306 e. The molecule has 0 aromatic heterocycles. The molecule has 0 heterocycles. The summed E-state index contributed by atoms with van der Waals surface area (Å²) >= 11 is 0.